The molecule has 0 bridgehead atoms. The third-order valence-electron chi connectivity index (χ3n) is 5.92. The molecule has 0 fully saturated rings. The molecule has 0 saturated heterocycles. The third kappa shape index (κ3) is 15.2. The predicted molar refractivity (Wildman–Crippen MR) is 118 cm³/mol. The minimum atomic E-state index is -1.67. The lowest BCUT2D eigenvalue weighted by Crippen LogP contribution is -2.41. The van der Waals surface area contributed by atoms with Crippen LogP contribution in [0.4, 0.5) is 0 Å². The first-order valence-corrected chi connectivity index (χ1v) is 11.9. The quantitative estimate of drug-likeness (QED) is 0.114. The Morgan fingerprint density at radius 2 is 1.10 bits per heavy atom. The lowest BCUT2D eigenvalue weighted by Gasteiger charge is -2.23. The number of nitro groups is 1. The third-order valence-corrected chi connectivity index (χ3v) is 5.92. The molecule has 0 saturated carbocycles. The lowest BCUT2D eigenvalue weighted by molar-refractivity contribution is -0.572. The molecule has 0 aliphatic rings. The van der Waals surface area contributed by atoms with Gasteiger partial charge >= 0.3 is 11.9 Å². The molecule has 0 heterocycles. The van der Waals surface area contributed by atoms with Crippen LogP contribution in [0.5, 0.6) is 0 Å². The Kier molecular flexibility index (Phi) is 17.1. The molecule has 0 aliphatic heterocycles. The normalized spacial score (nSPS) is 13.1. The molecule has 0 aliphatic carbocycles. The van der Waals surface area contributed by atoms with Crippen LogP contribution in [-0.4, -0.2) is 32.6 Å². The van der Waals surface area contributed by atoms with Crippen molar-refractivity contribution in [2.24, 2.45) is 0 Å². The summed E-state index contributed by atoms with van der Waals surface area (Å²) in [7, 11) is 0. The summed E-state index contributed by atoms with van der Waals surface area (Å²) >= 11 is 0. The zero-order valence-electron chi connectivity index (χ0n) is 18.9. The van der Waals surface area contributed by atoms with Crippen LogP contribution in [0, 0.1) is 10.1 Å². The van der Waals surface area contributed by atoms with Gasteiger partial charge in [-0.25, -0.2) is 0 Å². The fourth-order valence-corrected chi connectivity index (χ4v) is 4.00. The second kappa shape index (κ2) is 18.1. The summed E-state index contributed by atoms with van der Waals surface area (Å²) < 4.78 is 0. The number of unbranched alkanes of at least 4 members (excludes halogenated alkanes) is 14. The minimum Gasteiger partial charge on any atom is -0.481 e. The van der Waals surface area contributed by atoms with Crippen molar-refractivity contribution in [1.82, 2.24) is 0 Å². The molecule has 0 spiro atoms. The van der Waals surface area contributed by atoms with Gasteiger partial charge in [-0.2, -0.15) is 0 Å². The zero-order valence-corrected chi connectivity index (χ0v) is 18.9. The van der Waals surface area contributed by atoms with Crippen LogP contribution < -0.4 is 0 Å². The monoisotopic (exact) mass is 429 g/mol. The maximum atomic E-state index is 11.5. The molecule has 0 radical (unpaired) electrons. The van der Waals surface area contributed by atoms with Gasteiger partial charge in [-0.15, -0.1) is 0 Å². The van der Waals surface area contributed by atoms with E-state index in [1.54, 1.807) is 0 Å². The molecular formula is C23H43NO6. The molecule has 0 aromatic rings. The van der Waals surface area contributed by atoms with E-state index in [0.717, 1.165) is 19.3 Å². The van der Waals surface area contributed by atoms with Gasteiger partial charge in [0.15, 0.2) is 0 Å². The van der Waals surface area contributed by atoms with Crippen molar-refractivity contribution in [3.63, 3.8) is 0 Å². The van der Waals surface area contributed by atoms with Gasteiger partial charge in [-0.3, -0.25) is 19.7 Å². The van der Waals surface area contributed by atoms with Gasteiger partial charge in [0.25, 0.3) is 0 Å². The average Bonchev–Trinajstić information content (AvgIpc) is 2.68. The topological polar surface area (TPSA) is 118 Å². The SMILES string of the molecule is CCCCCCCCCCCCCCCCCC(CCC(=O)O)(CC(=O)O)[N+](=O)[O-]. The predicted octanol–water partition coefficient (Wildman–Crippen LogP) is 6.60. The van der Waals surface area contributed by atoms with Crippen molar-refractivity contribution in [2.45, 2.75) is 134 Å². The van der Waals surface area contributed by atoms with Gasteiger partial charge in [0.2, 0.25) is 5.54 Å². The van der Waals surface area contributed by atoms with Crippen molar-refractivity contribution in [3.8, 4) is 0 Å². The van der Waals surface area contributed by atoms with Gasteiger partial charge in [-0.05, 0) is 6.42 Å². The molecule has 7 heteroatoms. The van der Waals surface area contributed by atoms with Gasteiger partial charge in [0, 0.05) is 17.8 Å². The number of carboxylic acid groups (broad SMARTS) is 2. The van der Waals surface area contributed by atoms with Gasteiger partial charge < -0.3 is 10.2 Å². The van der Waals surface area contributed by atoms with Crippen LogP contribution >= 0.6 is 0 Å². The molecule has 1 atom stereocenters. The van der Waals surface area contributed by atoms with E-state index in [-0.39, 0.29) is 19.3 Å². The Labute approximate surface area is 181 Å². The first kappa shape index (κ1) is 28.3. The summed E-state index contributed by atoms with van der Waals surface area (Å²) in [6.45, 7) is 2.24. The number of aliphatic carboxylic acids is 2. The van der Waals surface area contributed by atoms with E-state index in [1.165, 1.54) is 70.6 Å². The molecule has 7 nitrogen and oxygen atoms in total. The first-order valence-electron chi connectivity index (χ1n) is 11.9. The van der Waals surface area contributed by atoms with Crippen LogP contribution in [0.1, 0.15) is 129 Å². The molecule has 0 rings (SSSR count). The summed E-state index contributed by atoms with van der Waals surface area (Å²) in [5, 5.41) is 29.4. The lowest BCUT2D eigenvalue weighted by atomic mass is 9.84. The summed E-state index contributed by atoms with van der Waals surface area (Å²) in [4.78, 5) is 32.8. The molecule has 0 amide bonds. The van der Waals surface area contributed by atoms with E-state index < -0.39 is 28.8 Å². The maximum absolute atomic E-state index is 11.5. The van der Waals surface area contributed by atoms with Crippen molar-refractivity contribution in [1.29, 1.82) is 0 Å². The van der Waals surface area contributed by atoms with E-state index >= 15 is 0 Å². The van der Waals surface area contributed by atoms with E-state index in [2.05, 4.69) is 6.92 Å². The fraction of sp³-hybridized carbons (Fsp3) is 0.913. The Bertz CT molecular complexity index is 482. The van der Waals surface area contributed by atoms with E-state index in [4.69, 9.17) is 10.2 Å². The summed E-state index contributed by atoms with van der Waals surface area (Å²) in [5.41, 5.74) is -1.67. The Balaban J connectivity index is 3.85. The van der Waals surface area contributed by atoms with Crippen molar-refractivity contribution >= 4 is 11.9 Å². The molecule has 2 N–H and O–H groups in total. The molecular weight excluding hydrogens is 386 g/mol. The second-order valence-electron chi connectivity index (χ2n) is 8.65. The highest BCUT2D eigenvalue weighted by atomic mass is 16.6. The standard InChI is InChI=1S/C23H43NO6/c1-2-3-4-5-6-7-8-9-10-11-12-13-14-15-16-18-23(24(29)30,20-22(27)28)19-17-21(25)26/h2-20H2,1H3,(H,25,26)(H,27,28). The number of nitrogens with zero attached hydrogens (tertiary/aromatic N) is 1. The van der Waals surface area contributed by atoms with E-state index in [1.807, 2.05) is 0 Å². The average molecular weight is 430 g/mol. The first-order chi connectivity index (χ1) is 14.3. The highest BCUT2D eigenvalue weighted by molar-refractivity contribution is 5.69. The highest BCUT2D eigenvalue weighted by Gasteiger charge is 2.44. The molecule has 1 unspecified atom stereocenters. The molecule has 0 aromatic carbocycles. The number of carbonyl (C=O) groups is 2. The fourth-order valence-electron chi connectivity index (χ4n) is 4.00. The van der Waals surface area contributed by atoms with E-state index in [0.29, 0.717) is 6.42 Å². The Hall–Kier alpha value is -1.66. The van der Waals surface area contributed by atoms with Gasteiger partial charge in [0.05, 0.1) is 6.42 Å². The zero-order chi connectivity index (χ0) is 22.7. The van der Waals surface area contributed by atoms with Crippen molar-refractivity contribution < 1.29 is 24.7 Å². The molecule has 30 heavy (non-hydrogen) atoms. The smallest absolute Gasteiger partial charge is 0.310 e. The van der Waals surface area contributed by atoms with Crippen LogP contribution in [-0.2, 0) is 9.59 Å². The summed E-state index contributed by atoms with van der Waals surface area (Å²) in [5.74, 6) is -2.39. The van der Waals surface area contributed by atoms with Crippen LogP contribution in [0.25, 0.3) is 0 Å². The van der Waals surface area contributed by atoms with Gasteiger partial charge in [0.1, 0.15) is 6.42 Å². The van der Waals surface area contributed by atoms with Crippen LogP contribution in [0.15, 0.2) is 0 Å². The van der Waals surface area contributed by atoms with Crippen molar-refractivity contribution in [3.05, 3.63) is 10.1 Å². The highest BCUT2D eigenvalue weighted by Crippen LogP contribution is 2.29. The summed E-state index contributed by atoms with van der Waals surface area (Å²) in [6.07, 6.45) is 16.7. The second-order valence-corrected chi connectivity index (χ2v) is 8.65. The van der Waals surface area contributed by atoms with E-state index in [9.17, 15) is 19.7 Å². The number of hydrogen-bond acceptors (Lipinski definition) is 4. The minimum absolute atomic E-state index is 0.123. The van der Waals surface area contributed by atoms with Crippen molar-refractivity contribution in [2.75, 3.05) is 0 Å². The van der Waals surface area contributed by atoms with Crippen LogP contribution in [0.3, 0.4) is 0 Å². The molecule has 176 valence electrons. The largest absolute Gasteiger partial charge is 0.481 e. The Morgan fingerprint density at radius 3 is 1.43 bits per heavy atom. The summed E-state index contributed by atoms with van der Waals surface area (Å²) in [6, 6.07) is 0. The number of rotatable bonds is 22. The maximum Gasteiger partial charge on any atom is 0.310 e. The Morgan fingerprint density at radius 1 is 0.700 bits per heavy atom. The van der Waals surface area contributed by atoms with Crippen LogP contribution in [0.2, 0.25) is 0 Å². The molecule has 0 aromatic heterocycles. The van der Waals surface area contributed by atoms with Gasteiger partial charge in [-0.1, -0.05) is 96.8 Å². The number of carboxylic acids is 2. The number of hydrogen-bond donors (Lipinski definition) is 2.